The van der Waals surface area contributed by atoms with E-state index in [1.807, 2.05) is 13.8 Å². The summed E-state index contributed by atoms with van der Waals surface area (Å²) in [6, 6.07) is 0. The largest absolute Gasteiger partial charge is 0.382 e. The molecule has 1 aromatic rings. The minimum Gasteiger partial charge on any atom is -0.382 e. The first kappa shape index (κ1) is 15.1. The normalized spacial score (nSPS) is 12.0. The zero-order valence-corrected chi connectivity index (χ0v) is 11.4. The number of nitrogens with zero attached hydrogens (tertiary/aromatic N) is 2. The van der Waals surface area contributed by atoms with Crippen LogP contribution in [0.2, 0.25) is 0 Å². The lowest BCUT2D eigenvalue weighted by Gasteiger charge is -2.16. The molecule has 18 heavy (non-hydrogen) atoms. The van der Waals surface area contributed by atoms with Crippen LogP contribution in [0, 0.1) is 0 Å². The second-order valence-corrected chi connectivity index (χ2v) is 4.95. The molecule has 6 nitrogen and oxygen atoms in total. The van der Waals surface area contributed by atoms with Gasteiger partial charge in [-0.05, 0) is 20.3 Å². The molecule has 0 spiro atoms. The molecule has 0 radical (unpaired) electrons. The SMILES string of the molecule is COCCOCCc1noc(CCC(C)(C)N)n1. The first-order valence-electron chi connectivity index (χ1n) is 6.18. The van der Waals surface area contributed by atoms with Crippen LogP contribution in [0.15, 0.2) is 4.52 Å². The fourth-order valence-corrected chi connectivity index (χ4v) is 1.33. The van der Waals surface area contributed by atoms with Crippen LogP contribution in [0.4, 0.5) is 0 Å². The van der Waals surface area contributed by atoms with Crippen LogP contribution in [0.25, 0.3) is 0 Å². The molecular weight excluding hydrogens is 234 g/mol. The van der Waals surface area contributed by atoms with Crippen molar-refractivity contribution in [3.05, 3.63) is 11.7 Å². The maximum atomic E-state index is 5.90. The van der Waals surface area contributed by atoms with Crippen LogP contribution in [0.3, 0.4) is 0 Å². The maximum absolute atomic E-state index is 5.90. The van der Waals surface area contributed by atoms with Gasteiger partial charge in [-0.2, -0.15) is 4.98 Å². The molecule has 0 unspecified atom stereocenters. The Morgan fingerprint density at radius 3 is 2.67 bits per heavy atom. The molecule has 0 aliphatic carbocycles. The summed E-state index contributed by atoms with van der Waals surface area (Å²) >= 11 is 0. The van der Waals surface area contributed by atoms with Gasteiger partial charge in [-0.3, -0.25) is 0 Å². The predicted octanol–water partition coefficient (Wildman–Crippen LogP) is 0.945. The van der Waals surface area contributed by atoms with Gasteiger partial charge in [-0.25, -0.2) is 0 Å². The number of ether oxygens (including phenoxy) is 2. The highest BCUT2D eigenvalue weighted by molar-refractivity contribution is 4.88. The van der Waals surface area contributed by atoms with Crippen molar-refractivity contribution in [2.24, 2.45) is 5.73 Å². The number of aromatic nitrogens is 2. The average Bonchev–Trinajstić information content (AvgIpc) is 2.73. The molecule has 0 bridgehead atoms. The molecule has 1 heterocycles. The number of hydrogen-bond acceptors (Lipinski definition) is 6. The highest BCUT2D eigenvalue weighted by atomic mass is 16.5. The minimum atomic E-state index is -0.210. The maximum Gasteiger partial charge on any atom is 0.226 e. The number of rotatable bonds is 9. The van der Waals surface area contributed by atoms with Crippen molar-refractivity contribution in [2.45, 2.75) is 38.6 Å². The van der Waals surface area contributed by atoms with Crippen LogP contribution in [0.1, 0.15) is 32.0 Å². The smallest absolute Gasteiger partial charge is 0.226 e. The summed E-state index contributed by atoms with van der Waals surface area (Å²) in [4.78, 5) is 4.29. The third-order valence-corrected chi connectivity index (χ3v) is 2.40. The topological polar surface area (TPSA) is 83.4 Å². The first-order chi connectivity index (χ1) is 8.51. The number of aryl methyl sites for hydroxylation is 1. The Morgan fingerprint density at radius 1 is 1.22 bits per heavy atom. The van der Waals surface area contributed by atoms with E-state index in [0.29, 0.717) is 44.4 Å². The Labute approximate surface area is 108 Å². The summed E-state index contributed by atoms with van der Waals surface area (Å²) in [5.74, 6) is 1.32. The van der Waals surface area contributed by atoms with Gasteiger partial charge in [0.15, 0.2) is 5.82 Å². The monoisotopic (exact) mass is 257 g/mol. The first-order valence-corrected chi connectivity index (χ1v) is 6.18. The molecule has 0 fully saturated rings. The fraction of sp³-hybridized carbons (Fsp3) is 0.833. The molecular formula is C12H23N3O3. The minimum absolute atomic E-state index is 0.210. The highest BCUT2D eigenvalue weighted by Gasteiger charge is 2.13. The molecule has 0 aliphatic rings. The van der Waals surface area contributed by atoms with Crippen molar-refractivity contribution >= 4 is 0 Å². The van der Waals surface area contributed by atoms with Crippen LogP contribution >= 0.6 is 0 Å². The van der Waals surface area contributed by atoms with Gasteiger partial charge in [0.2, 0.25) is 5.89 Å². The Balaban J connectivity index is 2.22. The zero-order valence-electron chi connectivity index (χ0n) is 11.4. The van der Waals surface area contributed by atoms with E-state index in [0.717, 1.165) is 6.42 Å². The van der Waals surface area contributed by atoms with Crippen LogP contribution in [-0.4, -0.2) is 42.6 Å². The van der Waals surface area contributed by atoms with Crippen molar-refractivity contribution in [3.8, 4) is 0 Å². The zero-order chi connectivity index (χ0) is 13.4. The average molecular weight is 257 g/mol. The molecule has 0 aromatic carbocycles. The van der Waals surface area contributed by atoms with Crippen LogP contribution < -0.4 is 5.73 Å². The van der Waals surface area contributed by atoms with E-state index in [9.17, 15) is 0 Å². The highest BCUT2D eigenvalue weighted by Crippen LogP contribution is 2.09. The fourth-order valence-electron chi connectivity index (χ4n) is 1.33. The third kappa shape index (κ3) is 6.68. The summed E-state index contributed by atoms with van der Waals surface area (Å²) in [7, 11) is 1.65. The molecule has 0 saturated heterocycles. The lowest BCUT2D eigenvalue weighted by Crippen LogP contribution is -2.32. The molecule has 1 rings (SSSR count). The van der Waals surface area contributed by atoms with Gasteiger partial charge in [-0.15, -0.1) is 0 Å². The van der Waals surface area contributed by atoms with Crippen molar-refractivity contribution in [3.63, 3.8) is 0 Å². The van der Waals surface area contributed by atoms with Gasteiger partial charge in [0.05, 0.1) is 19.8 Å². The molecule has 0 aliphatic heterocycles. The van der Waals surface area contributed by atoms with E-state index < -0.39 is 0 Å². The van der Waals surface area contributed by atoms with E-state index in [4.69, 9.17) is 19.7 Å². The standard InChI is InChI=1S/C12H23N3O3/c1-12(2,13)6-4-11-14-10(15-18-11)5-7-17-9-8-16-3/h4-9,13H2,1-3H3. The molecule has 1 aromatic heterocycles. The van der Waals surface area contributed by atoms with Crippen LogP contribution in [-0.2, 0) is 22.3 Å². The van der Waals surface area contributed by atoms with E-state index in [1.165, 1.54) is 0 Å². The molecule has 0 amide bonds. The number of hydrogen-bond donors (Lipinski definition) is 1. The van der Waals surface area contributed by atoms with E-state index in [1.54, 1.807) is 7.11 Å². The van der Waals surface area contributed by atoms with Gasteiger partial charge in [0.25, 0.3) is 0 Å². The molecule has 0 atom stereocenters. The summed E-state index contributed by atoms with van der Waals surface area (Å²) in [5, 5.41) is 3.90. The Morgan fingerprint density at radius 2 is 2.00 bits per heavy atom. The van der Waals surface area contributed by atoms with Crippen molar-refractivity contribution in [2.75, 3.05) is 26.9 Å². The summed E-state index contributed by atoms with van der Waals surface area (Å²) in [6.07, 6.45) is 2.18. The molecule has 6 heteroatoms. The lowest BCUT2D eigenvalue weighted by atomic mass is 10.0. The third-order valence-electron chi connectivity index (χ3n) is 2.40. The van der Waals surface area contributed by atoms with E-state index in [-0.39, 0.29) is 5.54 Å². The van der Waals surface area contributed by atoms with Crippen molar-refractivity contribution in [1.82, 2.24) is 10.1 Å². The molecule has 2 N–H and O–H groups in total. The summed E-state index contributed by atoms with van der Waals surface area (Å²) in [6.45, 7) is 5.72. The Kier molecular flexibility index (Phi) is 6.24. The van der Waals surface area contributed by atoms with Gasteiger partial charge in [-0.1, -0.05) is 5.16 Å². The second kappa shape index (κ2) is 7.45. The predicted molar refractivity (Wildman–Crippen MR) is 67.3 cm³/mol. The van der Waals surface area contributed by atoms with E-state index >= 15 is 0 Å². The van der Waals surface area contributed by atoms with Gasteiger partial charge < -0.3 is 19.7 Å². The van der Waals surface area contributed by atoms with E-state index in [2.05, 4.69) is 10.1 Å². The number of methoxy groups -OCH3 is 1. The van der Waals surface area contributed by atoms with Crippen molar-refractivity contribution < 1.29 is 14.0 Å². The van der Waals surface area contributed by atoms with Gasteiger partial charge in [0.1, 0.15) is 0 Å². The molecule has 104 valence electrons. The van der Waals surface area contributed by atoms with Gasteiger partial charge >= 0.3 is 0 Å². The van der Waals surface area contributed by atoms with Crippen molar-refractivity contribution in [1.29, 1.82) is 0 Å². The van der Waals surface area contributed by atoms with Crippen LogP contribution in [0.5, 0.6) is 0 Å². The summed E-state index contributed by atoms with van der Waals surface area (Å²) in [5.41, 5.74) is 5.68. The molecule has 0 saturated carbocycles. The Bertz CT molecular complexity index is 334. The second-order valence-electron chi connectivity index (χ2n) is 4.95. The quantitative estimate of drug-likeness (QED) is 0.663. The lowest BCUT2D eigenvalue weighted by molar-refractivity contribution is 0.0714. The van der Waals surface area contributed by atoms with Gasteiger partial charge in [0, 0.05) is 25.5 Å². The summed E-state index contributed by atoms with van der Waals surface area (Å²) < 4.78 is 15.4. The number of nitrogens with two attached hydrogens (primary N) is 1. The Hall–Kier alpha value is -0.980.